The van der Waals surface area contributed by atoms with Crippen LogP contribution >= 0.6 is 0 Å². The quantitative estimate of drug-likeness (QED) is 0.517. The Labute approximate surface area is 178 Å². The zero-order valence-electron chi connectivity index (χ0n) is 18.2. The SMILES string of the molecule is CCC(O)C(C)(CC)C(O)CC.O=C(O)c1ccccc1.O=C(O)c1ccccc1. The van der Waals surface area contributed by atoms with Crippen LogP contribution in [0, 0.1) is 5.41 Å². The highest BCUT2D eigenvalue weighted by molar-refractivity contribution is 5.87. The zero-order chi connectivity index (χ0) is 23.2. The van der Waals surface area contributed by atoms with E-state index in [1.165, 1.54) is 0 Å². The molecule has 2 unspecified atom stereocenters. The molecule has 0 fully saturated rings. The predicted molar refractivity (Wildman–Crippen MR) is 118 cm³/mol. The number of carboxylic acid groups (broad SMARTS) is 2. The second-order valence-corrected chi connectivity index (χ2v) is 7.05. The van der Waals surface area contributed by atoms with E-state index < -0.39 is 24.1 Å². The fraction of sp³-hybridized carbons (Fsp3) is 0.417. The van der Waals surface area contributed by atoms with Crippen molar-refractivity contribution < 1.29 is 30.0 Å². The van der Waals surface area contributed by atoms with Crippen LogP contribution in [0.3, 0.4) is 0 Å². The lowest BCUT2D eigenvalue weighted by atomic mass is 9.74. The van der Waals surface area contributed by atoms with E-state index in [4.69, 9.17) is 10.2 Å². The molecule has 0 aliphatic heterocycles. The van der Waals surface area contributed by atoms with Crippen molar-refractivity contribution in [1.82, 2.24) is 0 Å². The fourth-order valence-electron chi connectivity index (χ4n) is 2.79. The van der Waals surface area contributed by atoms with E-state index in [1.807, 2.05) is 27.7 Å². The molecule has 0 saturated carbocycles. The molecule has 0 radical (unpaired) electrons. The topological polar surface area (TPSA) is 115 Å². The highest BCUT2D eigenvalue weighted by Gasteiger charge is 2.36. The molecular weight excluding hydrogens is 384 g/mol. The number of carboxylic acids is 2. The van der Waals surface area contributed by atoms with Gasteiger partial charge in [-0.15, -0.1) is 0 Å². The van der Waals surface area contributed by atoms with Crippen molar-refractivity contribution in [2.45, 2.75) is 59.2 Å². The number of rotatable bonds is 7. The number of hydrogen-bond acceptors (Lipinski definition) is 4. The summed E-state index contributed by atoms with van der Waals surface area (Å²) in [6.07, 6.45) is 1.45. The second-order valence-electron chi connectivity index (χ2n) is 7.05. The number of benzene rings is 2. The van der Waals surface area contributed by atoms with Crippen LogP contribution in [0.5, 0.6) is 0 Å². The Balaban J connectivity index is 0.000000426. The summed E-state index contributed by atoms with van der Waals surface area (Å²) in [5.41, 5.74) is 0.332. The molecule has 166 valence electrons. The van der Waals surface area contributed by atoms with Gasteiger partial charge in [-0.25, -0.2) is 9.59 Å². The third kappa shape index (κ3) is 9.20. The van der Waals surface area contributed by atoms with E-state index in [9.17, 15) is 19.8 Å². The molecule has 4 N–H and O–H groups in total. The van der Waals surface area contributed by atoms with Crippen LogP contribution in [0.25, 0.3) is 0 Å². The van der Waals surface area contributed by atoms with Gasteiger partial charge in [0.25, 0.3) is 0 Å². The largest absolute Gasteiger partial charge is 0.478 e. The molecule has 2 aromatic carbocycles. The molecule has 0 saturated heterocycles. The molecule has 30 heavy (non-hydrogen) atoms. The number of hydrogen-bond donors (Lipinski definition) is 4. The Morgan fingerprint density at radius 2 is 1.03 bits per heavy atom. The van der Waals surface area contributed by atoms with Gasteiger partial charge >= 0.3 is 11.9 Å². The molecule has 0 aliphatic rings. The maximum Gasteiger partial charge on any atom is 0.335 e. The Kier molecular flexibility index (Phi) is 13.0. The number of aliphatic hydroxyl groups is 2. The van der Waals surface area contributed by atoms with Crippen LogP contribution in [-0.2, 0) is 0 Å². The van der Waals surface area contributed by atoms with E-state index in [0.29, 0.717) is 24.0 Å². The van der Waals surface area contributed by atoms with Crippen LogP contribution in [0.1, 0.15) is 67.7 Å². The first kappa shape index (κ1) is 27.3. The minimum atomic E-state index is -0.879. The molecule has 6 nitrogen and oxygen atoms in total. The highest BCUT2D eigenvalue weighted by Crippen LogP contribution is 2.33. The van der Waals surface area contributed by atoms with Crippen molar-refractivity contribution in [3.63, 3.8) is 0 Å². The molecule has 2 atom stereocenters. The first-order chi connectivity index (χ1) is 14.1. The Morgan fingerprint density at radius 1 is 0.733 bits per heavy atom. The zero-order valence-corrected chi connectivity index (χ0v) is 18.2. The van der Waals surface area contributed by atoms with Crippen LogP contribution < -0.4 is 0 Å². The lowest BCUT2D eigenvalue weighted by Crippen LogP contribution is -2.41. The van der Waals surface area contributed by atoms with E-state index in [1.54, 1.807) is 60.7 Å². The van der Waals surface area contributed by atoms with E-state index in [2.05, 4.69) is 0 Å². The van der Waals surface area contributed by atoms with Crippen molar-refractivity contribution in [2.24, 2.45) is 5.41 Å². The summed E-state index contributed by atoms with van der Waals surface area (Å²) in [5.74, 6) is -1.76. The summed E-state index contributed by atoms with van der Waals surface area (Å²) in [6, 6.07) is 16.6. The van der Waals surface area contributed by atoms with Gasteiger partial charge in [0.2, 0.25) is 0 Å². The summed E-state index contributed by atoms with van der Waals surface area (Å²) >= 11 is 0. The molecule has 6 heteroatoms. The van der Waals surface area contributed by atoms with Crippen molar-refractivity contribution >= 4 is 11.9 Å². The van der Waals surface area contributed by atoms with Gasteiger partial charge in [-0.3, -0.25) is 0 Å². The standard InChI is InChI=1S/C10H22O2.2C7H6O2/c1-5-8(11)10(4,7-3)9(12)6-2;2*8-7(9)6-4-2-1-3-5-6/h8-9,11-12H,5-7H2,1-4H3;2*1-5H,(H,8,9). The van der Waals surface area contributed by atoms with Crippen LogP contribution in [0.4, 0.5) is 0 Å². The summed E-state index contributed by atoms with van der Waals surface area (Å²) < 4.78 is 0. The summed E-state index contributed by atoms with van der Waals surface area (Å²) in [4.78, 5) is 20.4. The van der Waals surface area contributed by atoms with Gasteiger partial charge in [0.15, 0.2) is 0 Å². The monoisotopic (exact) mass is 418 g/mol. The maximum absolute atomic E-state index is 10.2. The van der Waals surface area contributed by atoms with Crippen molar-refractivity contribution in [3.8, 4) is 0 Å². The Bertz CT molecular complexity index is 670. The molecule has 0 bridgehead atoms. The second kappa shape index (κ2) is 14.3. The first-order valence-electron chi connectivity index (χ1n) is 10.1. The van der Waals surface area contributed by atoms with Gasteiger partial charge in [0.05, 0.1) is 23.3 Å². The van der Waals surface area contributed by atoms with Gasteiger partial charge in [-0.05, 0) is 43.5 Å². The molecule has 0 aromatic heterocycles. The molecule has 0 heterocycles. The third-order valence-corrected chi connectivity index (χ3v) is 5.10. The van der Waals surface area contributed by atoms with Gasteiger partial charge in [0.1, 0.15) is 0 Å². The van der Waals surface area contributed by atoms with E-state index >= 15 is 0 Å². The summed E-state index contributed by atoms with van der Waals surface area (Å²) in [6.45, 7) is 7.86. The predicted octanol–water partition coefficient (Wildman–Crippen LogP) is 4.71. The highest BCUT2D eigenvalue weighted by atomic mass is 16.4. The van der Waals surface area contributed by atoms with Gasteiger partial charge in [0, 0.05) is 5.41 Å². The Hall–Kier alpha value is -2.70. The first-order valence-corrected chi connectivity index (χ1v) is 10.1. The third-order valence-electron chi connectivity index (χ3n) is 5.10. The Morgan fingerprint density at radius 3 is 1.20 bits per heavy atom. The summed E-state index contributed by atoms with van der Waals surface area (Å²) in [5, 5.41) is 36.2. The molecule has 0 aliphatic carbocycles. The van der Waals surface area contributed by atoms with E-state index in [0.717, 1.165) is 6.42 Å². The number of aliphatic hydroxyl groups excluding tert-OH is 2. The van der Waals surface area contributed by atoms with Crippen LogP contribution in [-0.4, -0.2) is 44.6 Å². The molecular formula is C24H34O6. The summed E-state index contributed by atoms with van der Waals surface area (Å²) in [7, 11) is 0. The lowest BCUT2D eigenvalue weighted by Gasteiger charge is -2.37. The normalized spacial score (nSPS) is 13.9. The average Bonchev–Trinajstić information content (AvgIpc) is 2.79. The molecule has 2 rings (SSSR count). The molecule has 0 spiro atoms. The molecule has 2 aromatic rings. The van der Waals surface area contributed by atoms with E-state index in [-0.39, 0.29) is 5.41 Å². The minimum absolute atomic E-state index is 0.330. The van der Waals surface area contributed by atoms with Gasteiger partial charge in [-0.1, -0.05) is 64.1 Å². The molecule has 0 amide bonds. The van der Waals surface area contributed by atoms with Crippen LogP contribution in [0.2, 0.25) is 0 Å². The maximum atomic E-state index is 10.2. The van der Waals surface area contributed by atoms with Gasteiger partial charge < -0.3 is 20.4 Å². The number of aromatic carboxylic acids is 2. The van der Waals surface area contributed by atoms with Crippen molar-refractivity contribution in [3.05, 3.63) is 71.8 Å². The smallest absolute Gasteiger partial charge is 0.335 e. The minimum Gasteiger partial charge on any atom is -0.478 e. The van der Waals surface area contributed by atoms with Gasteiger partial charge in [-0.2, -0.15) is 0 Å². The average molecular weight is 419 g/mol. The fourth-order valence-corrected chi connectivity index (χ4v) is 2.79. The number of carbonyl (C=O) groups is 2. The van der Waals surface area contributed by atoms with Crippen molar-refractivity contribution in [2.75, 3.05) is 0 Å². The van der Waals surface area contributed by atoms with Crippen molar-refractivity contribution in [1.29, 1.82) is 0 Å². The lowest BCUT2D eigenvalue weighted by molar-refractivity contribution is -0.0639. The van der Waals surface area contributed by atoms with Crippen LogP contribution in [0.15, 0.2) is 60.7 Å².